The highest BCUT2D eigenvalue weighted by molar-refractivity contribution is 6.11. The van der Waals surface area contributed by atoms with E-state index in [9.17, 15) is 9.90 Å². The minimum Gasteiger partial charge on any atom is -0.388 e. The van der Waals surface area contributed by atoms with Gasteiger partial charge in [0.1, 0.15) is 0 Å². The molecule has 1 aliphatic rings. The lowest BCUT2D eigenvalue weighted by Crippen LogP contribution is -2.28. The fraction of sp³-hybridized carbons (Fsp3) is 0.136. The van der Waals surface area contributed by atoms with Crippen LogP contribution in [0.4, 0.5) is 5.69 Å². The van der Waals surface area contributed by atoms with Gasteiger partial charge in [-0.2, -0.15) is 0 Å². The summed E-state index contributed by atoms with van der Waals surface area (Å²) in [5, 5.41) is 10.7. The van der Waals surface area contributed by atoms with Crippen molar-refractivity contribution in [3.63, 3.8) is 0 Å². The molecule has 0 saturated carbocycles. The number of nitrogens with zero attached hydrogens (tertiary/aromatic N) is 1. The molecular formula is C22H19NO2. The van der Waals surface area contributed by atoms with Gasteiger partial charge in [-0.1, -0.05) is 66.7 Å². The van der Waals surface area contributed by atoms with Crippen molar-refractivity contribution in [1.29, 1.82) is 0 Å². The third kappa shape index (κ3) is 2.83. The molecule has 1 heterocycles. The highest BCUT2D eigenvalue weighted by Gasteiger charge is 2.38. The predicted molar refractivity (Wildman–Crippen MR) is 98.5 cm³/mol. The molecule has 0 fully saturated rings. The predicted octanol–water partition coefficient (Wildman–Crippen LogP) is 4.51. The van der Waals surface area contributed by atoms with Crippen LogP contribution in [0.3, 0.4) is 0 Å². The molecule has 0 bridgehead atoms. The first-order valence-corrected chi connectivity index (χ1v) is 8.46. The molecule has 1 amide bonds. The Labute approximate surface area is 147 Å². The molecule has 1 aliphatic heterocycles. The average molecular weight is 329 g/mol. The standard InChI is InChI=1S/C22H19NO2/c24-21(16-9-3-1-4-10-16)15-20-18-13-7-8-14-19(18)22(25)23(20)17-11-5-2-6-12-17/h1-14,20-21,24H,15H2. The minimum absolute atomic E-state index is 0.00735. The molecule has 3 aromatic carbocycles. The van der Waals surface area contributed by atoms with Crippen LogP contribution in [-0.2, 0) is 0 Å². The summed E-state index contributed by atoms with van der Waals surface area (Å²) >= 11 is 0. The molecule has 2 atom stereocenters. The van der Waals surface area contributed by atoms with E-state index >= 15 is 0 Å². The number of para-hydroxylation sites is 1. The van der Waals surface area contributed by atoms with E-state index in [1.54, 1.807) is 4.90 Å². The number of amides is 1. The molecular weight excluding hydrogens is 310 g/mol. The molecule has 25 heavy (non-hydrogen) atoms. The number of fused-ring (bicyclic) bond motifs is 1. The summed E-state index contributed by atoms with van der Waals surface area (Å²) in [6.07, 6.45) is -0.168. The number of hydrogen-bond acceptors (Lipinski definition) is 2. The van der Waals surface area contributed by atoms with Gasteiger partial charge in [-0.05, 0) is 29.3 Å². The molecule has 2 unspecified atom stereocenters. The van der Waals surface area contributed by atoms with E-state index in [-0.39, 0.29) is 11.9 Å². The van der Waals surface area contributed by atoms with Gasteiger partial charge in [-0.25, -0.2) is 0 Å². The van der Waals surface area contributed by atoms with Crippen molar-refractivity contribution in [3.05, 3.63) is 102 Å². The molecule has 124 valence electrons. The van der Waals surface area contributed by atoms with Gasteiger partial charge in [0.2, 0.25) is 0 Å². The second kappa shape index (κ2) is 6.54. The summed E-state index contributed by atoms with van der Waals surface area (Å²) in [5.74, 6) is -0.00735. The van der Waals surface area contributed by atoms with Crippen LogP contribution in [0.1, 0.15) is 40.1 Å². The first-order valence-electron chi connectivity index (χ1n) is 8.46. The summed E-state index contributed by atoms with van der Waals surface area (Å²) in [6.45, 7) is 0. The number of anilines is 1. The Hall–Kier alpha value is -2.91. The minimum atomic E-state index is -0.628. The number of carbonyl (C=O) groups is 1. The maximum atomic E-state index is 13.0. The largest absolute Gasteiger partial charge is 0.388 e. The third-order valence-electron chi connectivity index (χ3n) is 4.75. The van der Waals surface area contributed by atoms with E-state index in [1.807, 2.05) is 84.9 Å². The monoisotopic (exact) mass is 329 g/mol. The Balaban J connectivity index is 1.72. The Morgan fingerprint density at radius 2 is 1.44 bits per heavy atom. The Bertz CT molecular complexity index is 877. The van der Waals surface area contributed by atoms with Gasteiger partial charge in [0, 0.05) is 17.7 Å². The van der Waals surface area contributed by atoms with Crippen LogP contribution >= 0.6 is 0 Å². The van der Waals surface area contributed by atoms with Crippen molar-refractivity contribution in [2.75, 3.05) is 4.90 Å². The molecule has 3 heteroatoms. The Kier molecular flexibility index (Phi) is 4.08. The highest BCUT2D eigenvalue weighted by atomic mass is 16.3. The van der Waals surface area contributed by atoms with Crippen LogP contribution in [0, 0.1) is 0 Å². The van der Waals surface area contributed by atoms with E-state index in [4.69, 9.17) is 0 Å². The maximum absolute atomic E-state index is 13.0. The second-order valence-corrected chi connectivity index (χ2v) is 6.28. The molecule has 0 aliphatic carbocycles. The normalized spacial score (nSPS) is 17.4. The van der Waals surface area contributed by atoms with Gasteiger partial charge in [0.25, 0.3) is 5.91 Å². The molecule has 0 spiro atoms. The first-order chi connectivity index (χ1) is 12.3. The Morgan fingerprint density at radius 3 is 2.16 bits per heavy atom. The topological polar surface area (TPSA) is 40.5 Å². The maximum Gasteiger partial charge on any atom is 0.259 e. The summed E-state index contributed by atoms with van der Waals surface area (Å²) in [7, 11) is 0. The van der Waals surface area contributed by atoms with E-state index in [2.05, 4.69) is 0 Å². The van der Waals surface area contributed by atoms with Crippen molar-refractivity contribution in [1.82, 2.24) is 0 Å². The van der Waals surface area contributed by atoms with Crippen molar-refractivity contribution < 1.29 is 9.90 Å². The number of rotatable bonds is 4. The fourth-order valence-corrected chi connectivity index (χ4v) is 3.53. The van der Waals surface area contributed by atoms with Crippen LogP contribution in [0.5, 0.6) is 0 Å². The van der Waals surface area contributed by atoms with Crippen LogP contribution < -0.4 is 4.90 Å². The average Bonchev–Trinajstić information content (AvgIpc) is 2.95. The van der Waals surface area contributed by atoms with Gasteiger partial charge in [0.05, 0.1) is 12.1 Å². The van der Waals surface area contributed by atoms with E-state index in [0.717, 1.165) is 22.4 Å². The van der Waals surface area contributed by atoms with Gasteiger partial charge in [0.15, 0.2) is 0 Å². The molecule has 0 radical (unpaired) electrons. The third-order valence-corrected chi connectivity index (χ3v) is 4.75. The van der Waals surface area contributed by atoms with Gasteiger partial charge < -0.3 is 10.0 Å². The zero-order valence-corrected chi connectivity index (χ0v) is 13.7. The lowest BCUT2D eigenvalue weighted by atomic mass is 9.96. The quantitative estimate of drug-likeness (QED) is 0.765. The summed E-state index contributed by atoms with van der Waals surface area (Å²) < 4.78 is 0. The van der Waals surface area contributed by atoms with Crippen LogP contribution in [0.2, 0.25) is 0 Å². The zero-order chi connectivity index (χ0) is 17.2. The zero-order valence-electron chi connectivity index (χ0n) is 13.7. The Morgan fingerprint density at radius 1 is 0.840 bits per heavy atom. The fourth-order valence-electron chi connectivity index (χ4n) is 3.53. The van der Waals surface area contributed by atoms with Crippen LogP contribution in [0.25, 0.3) is 0 Å². The SMILES string of the molecule is O=C1c2ccccc2C(CC(O)c2ccccc2)N1c1ccccc1. The highest BCUT2D eigenvalue weighted by Crippen LogP contribution is 2.41. The first kappa shape index (κ1) is 15.6. The van der Waals surface area contributed by atoms with Crippen molar-refractivity contribution >= 4 is 11.6 Å². The summed E-state index contributed by atoms with van der Waals surface area (Å²) in [6, 6.07) is 26.8. The number of aliphatic hydroxyl groups is 1. The number of aliphatic hydroxyl groups excluding tert-OH is 1. The van der Waals surface area contributed by atoms with E-state index in [0.29, 0.717) is 6.42 Å². The van der Waals surface area contributed by atoms with Crippen LogP contribution in [0.15, 0.2) is 84.9 Å². The van der Waals surface area contributed by atoms with Gasteiger partial charge >= 0.3 is 0 Å². The van der Waals surface area contributed by atoms with Crippen LogP contribution in [-0.4, -0.2) is 11.0 Å². The smallest absolute Gasteiger partial charge is 0.259 e. The van der Waals surface area contributed by atoms with Gasteiger partial charge in [-0.3, -0.25) is 4.79 Å². The molecule has 3 nitrogen and oxygen atoms in total. The molecule has 0 saturated heterocycles. The molecule has 3 aromatic rings. The van der Waals surface area contributed by atoms with Crippen molar-refractivity contribution in [3.8, 4) is 0 Å². The van der Waals surface area contributed by atoms with Crippen molar-refractivity contribution in [2.45, 2.75) is 18.6 Å². The summed E-state index contributed by atoms with van der Waals surface area (Å²) in [4.78, 5) is 14.8. The lowest BCUT2D eigenvalue weighted by Gasteiger charge is -2.27. The molecule has 4 rings (SSSR count). The van der Waals surface area contributed by atoms with E-state index in [1.165, 1.54) is 0 Å². The van der Waals surface area contributed by atoms with Crippen molar-refractivity contribution in [2.24, 2.45) is 0 Å². The molecule has 1 N–H and O–H groups in total. The number of carbonyl (C=O) groups excluding carboxylic acids is 1. The number of benzene rings is 3. The second-order valence-electron chi connectivity index (χ2n) is 6.28. The lowest BCUT2D eigenvalue weighted by molar-refractivity contribution is 0.0980. The van der Waals surface area contributed by atoms with Gasteiger partial charge in [-0.15, -0.1) is 0 Å². The van der Waals surface area contributed by atoms with E-state index < -0.39 is 6.10 Å². The number of hydrogen-bond donors (Lipinski definition) is 1. The summed E-state index contributed by atoms with van der Waals surface area (Å²) in [5.41, 5.74) is 3.42. The molecule has 0 aromatic heterocycles.